The van der Waals surface area contributed by atoms with E-state index in [0.29, 0.717) is 12.1 Å². The van der Waals surface area contributed by atoms with E-state index in [1.807, 2.05) is 23.3 Å². The summed E-state index contributed by atoms with van der Waals surface area (Å²) < 4.78 is 4.17. The predicted molar refractivity (Wildman–Crippen MR) is 75.9 cm³/mol. The zero-order valence-electron chi connectivity index (χ0n) is 12.2. The Morgan fingerprint density at radius 3 is 2.79 bits per heavy atom. The maximum atomic E-state index is 4.37. The smallest absolute Gasteiger partial charge is 0.122 e. The molecule has 5 heteroatoms. The summed E-state index contributed by atoms with van der Waals surface area (Å²) in [5, 5.41) is 7.89. The SMILES string of the molecule is CCn1ccnc1CNC(C)C(C)n1cc(C)cn1. The Hall–Kier alpha value is -1.62. The maximum Gasteiger partial charge on any atom is 0.122 e. The lowest BCUT2D eigenvalue weighted by Crippen LogP contribution is -2.34. The van der Waals surface area contributed by atoms with Crippen molar-refractivity contribution in [1.82, 2.24) is 24.6 Å². The standard InChI is InChI=1S/C14H23N5/c1-5-18-7-6-15-14(18)9-16-12(3)13(4)19-10-11(2)8-17-19/h6-8,10,12-13,16H,5,9H2,1-4H3. The minimum Gasteiger partial charge on any atom is -0.334 e. The maximum absolute atomic E-state index is 4.37. The van der Waals surface area contributed by atoms with Gasteiger partial charge in [-0.05, 0) is 33.3 Å². The second-order valence-corrected chi connectivity index (χ2v) is 5.04. The van der Waals surface area contributed by atoms with E-state index < -0.39 is 0 Å². The molecule has 1 N–H and O–H groups in total. The van der Waals surface area contributed by atoms with Crippen LogP contribution in [0.1, 0.15) is 38.2 Å². The van der Waals surface area contributed by atoms with Crippen molar-refractivity contribution < 1.29 is 0 Å². The number of nitrogens with one attached hydrogen (secondary N) is 1. The first kappa shape index (κ1) is 13.8. The third-order valence-electron chi connectivity index (χ3n) is 3.60. The topological polar surface area (TPSA) is 47.7 Å². The Morgan fingerprint density at radius 2 is 2.16 bits per heavy atom. The molecule has 2 aromatic heterocycles. The van der Waals surface area contributed by atoms with Gasteiger partial charge in [0, 0.05) is 31.2 Å². The van der Waals surface area contributed by atoms with Gasteiger partial charge in [-0.15, -0.1) is 0 Å². The molecule has 0 aliphatic rings. The van der Waals surface area contributed by atoms with Gasteiger partial charge in [-0.3, -0.25) is 4.68 Å². The molecule has 19 heavy (non-hydrogen) atoms. The molecule has 0 spiro atoms. The summed E-state index contributed by atoms with van der Waals surface area (Å²) in [5.41, 5.74) is 1.19. The third kappa shape index (κ3) is 3.23. The minimum absolute atomic E-state index is 0.318. The van der Waals surface area contributed by atoms with Crippen molar-refractivity contribution in [2.75, 3.05) is 0 Å². The van der Waals surface area contributed by atoms with Gasteiger partial charge in [0.05, 0.1) is 18.8 Å². The molecule has 0 aliphatic carbocycles. The summed E-state index contributed by atoms with van der Waals surface area (Å²) in [6.45, 7) is 10.3. The van der Waals surface area contributed by atoms with Crippen molar-refractivity contribution in [3.63, 3.8) is 0 Å². The Kier molecular flexibility index (Phi) is 4.37. The van der Waals surface area contributed by atoms with Gasteiger partial charge in [0.2, 0.25) is 0 Å². The van der Waals surface area contributed by atoms with Crippen molar-refractivity contribution in [1.29, 1.82) is 0 Å². The van der Waals surface area contributed by atoms with Crippen LogP contribution in [0.4, 0.5) is 0 Å². The van der Waals surface area contributed by atoms with Crippen LogP contribution in [-0.4, -0.2) is 25.4 Å². The minimum atomic E-state index is 0.318. The fraction of sp³-hybridized carbons (Fsp3) is 0.571. The number of aromatic nitrogens is 4. The monoisotopic (exact) mass is 261 g/mol. The molecule has 2 rings (SSSR count). The highest BCUT2D eigenvalue weighted by atomic mass is 15.3. The van der Waals surface area contributed by atoms with Crippen molar-refractivity contribution >= 4 is 0 Å². The van der Waals surface area contributed by atoms with E-state index in [0.717, 1.165) is 18.9 Å². The average Bonchev–Trinajstić information content (AvgIpc) is 3.03. The summed E-state index contributed by atoms with van der Waals surface area (Å²) >= 11 is 0. The highest BCUT2D eigenvalue weighted by Crippen LogP contribution is 2.11. The van der Waals surface area contributed by atoms with Crippen LogP contribution in [0.3, 0.4) is 0 Å². The lowest BCUT2D eigenvalue weighted by atomic mass is 10.2. The molecule has 0 radical (unpaired) electrons. The van der Waals surface area contributed by atoms with Gasteiger partial charge in [-0.2, -0.15) is 5.10 Å². The zero-order chi connectivity index (χ0) is 13.8. The Bertz CT molecular complexity index is 513. The molecule has 0 saturated heterocycles. The van der Waals surface area contributed by atoms with E-state index in [2.05, 4.69) is 53.9 Å². The highest BCUT2D eigenvalue weighted by molar-refractivity contribution is 5.01. The zero-order valence-corrected chi connectivity index (χ0v) is 12.2. The fourth-order valence-corrected chi connectivity index (χ4v) is 2.10. The van der Waals surface area contributed by atoms with Crippen molar-refractivity contribution in [3.05, 3.63) is 36.2 Å². The van der Waals surface area contributed by atoms with E-state index >= 15 is 0 Å². The largest absolute Gasteiger partial charge is 0.334 e. The summed E-state index contributed by atoms with van der Waals surface area (Å²) in [4.78, 5) is 4.37. The fourth-order valence-electron chi connectivity index (χ4n) is 2.10. The van der Waals surface area contributed by atoms with E-state index in [1.165, 1.54) is 5.56 Å². The molecule has 0 aliphatic heterocycles. The molecule has 0 fully saturated rings. The van der Waals surface area contributed by atoms with E-state index in [9.17, 15) is 0 Å². The molecule has 0 aromatic carbocycles. The Balaban J connectivity index is 1.92. The van der Waals surface area contributed by atoms with Crippen molar-refractivity contribution in [3.8, 4) is 0 Å². The normalized spacial score (nSPS) is 14.5. The highest BCUT2D eigenvalue weighted by Gasteiger charge is 2.15. The third-order valence-corrected chi connectivity index (χ3v) is 3.60. The van der Waals surface area contributed by atoms with Crippen LogP contribution in [0.15, 0.2) is 24.8 Å². The molecular weight excluding hydrogens is 238 g/mol. The van der Waals surface area contributed by atoms with Crippen LogP contribution in [0.5, 0.6) is 0 Å². The summed E-state index contributed by atoms with van der Waals surface area (Å²) in [7, 11) is 0. The lowest BCUT2D eigenvalue weighted by molar-refractivity contribution is 0.360. The molecule has 0 saturated carbocycles. The van der Waals surface area contributed by atoms with Crippen LogP contribution < -0.4 is 5.32 Å². The average molecular weight is 261 g/mol. The molecule has 104 valence electrons. The van der Waals surface area contributed by atoms with E-state index in [-0.39, 0.29) is 0 Å². The van der Waals surface area contributed by atoms with Crippen LogP contribution in [0.2, 0.25) is 0 Å². The van der Waals surface area contributed by atoms with Gasteiger partial charge >= 0.3 is 0 Å². The molecule has 0 amide bonds. The molecule has 2 heterocycles. The molecule has 2 atom stereocenters. The van der Waals surface area contributed by atoms with Gasteiger partial charge < -0.3 is 9.88 Å². The number of hydrogen-bond acceptors (Lipinski definition) is 3. The van der Waals surface area contributed by atoms with Crippen LogP contribution in [0.25, 0.3) is 0 Å². The van der Waals surface area contributed by atoms with Crippen molar-refractivity contribution in [2.24, 2.45) is 0 Å². The molecular formula is C14H23N5. The second kappa shape index (κ2) is 6.02. The summed E-state index contributed by atoms with van der Waals surface area (Å²) in [6.07, 6.45) is 7.84. The van der Waals surface area contributed by atoms with Crippen LogP contribution in [0, 0.1) is 6.92 Å². The quantitative estimate of drug-likeness (QED) is 0.866. The summed E-state index contributed by atoms with van der Waals surface area (Å²) in [5.74, 6) is 1.08. The summed E-state index contributed by atoms with van der Waals surface area (Å²) in [6, 6.07) is 0.653. The molecule has 0 bridgehead atoms. The molecule has 5 nitrogen and oxygen atoms in total. The second-order valence-electron chi connectivity index (χ2n) is 5.04. The predicted octanol–water partition coefficient (Wildman–Crippen LogP) is 2.15. The first-order valence-corrected chi connectivity index (χ1v) is 6.86. The van der Waals surface area contributed by atoms with Gasteiger partial charge in [0.15, 0.2) is 0 Å². The Morgan fingerprint density at radius 1 is 1.37 bits per heavy atom. The first-order valence-electron chi connectivity index (χ1n) is 6.86. The van der Waals surface area contributed by atoms with E-state index in [4.69, 9.17) is 0 Å². The first-order chi connectivity index (χ1) is 9.11. The Labute approximate surface area is 114 Å². The molecule has 2 unspecified atom stereocenters. The number of imidazole rings is 1. The van der Waals surface area contributed by atoms with Crippen LogP contribution >= 0.6 is 0 Å². The van der Waals surface area contributed by atoms with Crippen molar-refractivity contribution in [2.45, 2.75) is 52.9 Å². The van der Waals surface area contributed by atoms with Gasteiger partial charge in [-0.1, -0.05) is 0 Å². The van der Waals surface area contributed by atoms with Crippen LogP contribution in [-0.2, 0) is 13.1 Å². The van der Waals surface area contributed by atoms with Gasteiger partial charge in [0.25, 0.3) is 0 Å². The van der Waals surface area contributed by atoms with E-state index in [1.54, 1.807) is 0 Å². The van der Waals surface area contributed by atoms with Gasteiger partial charge in [-0.25, -0.2) is 4.98 Å². The lowest BCUT2D eigenvalue weighted by Gasteiger charge is -2.21. The number of aryl methyl sites for hydroxylation is 2. The van der Waals surface area contributed by atoms with Gasteiger partial charge in [0.1, 0.15) is 5.82 Å². The number of rotatable bonds is 6. The molecule has 2 aromatic rings. The number of nitrogens with zero attached hydrogens (tertiary/aromatic N) is 4. The number of hydrogen-bond donors (Lipinski definition) is 1.